The molecule has 0 unspecified atom stereocenters. The number of aromatic carboxylic acids is 1. The number of thiophene rings is 1. The van der Waals surface area contributed by atoms with Crippen LogP contribution in [0, 0.1) is 6.92 Å². The lowest BCUT2D eigenvalue weighted by molar-refractivity contribution is 0.0660. The van der Waals surface area contributed by atoms with Crippen molar-refractivity contribution in [2.24, 2.45) is 0 Å². The summed E-state index contributed by atoms with van der Waals surface area (Å²) >= 11 is 1.44. The van der Waals surface area contributed by atoms with Crippen molar-refractivity contribution in [3.05, 3.63) is 87.7 Å². The third kappa shape index (κ3) is 3.00. The van der Waals surface area contributed by atoms with Crippen molar-refractivity contribution in [3.63, 3.8) is 0 Å². The van der Waals surface area contributed by atoms with Gasteiger partial charge < -0.3 is 9.52 Å². The van der Waals surface area contributed by atoms with Gasteiger partial charge in [0.25, 0.3) is 5.56 Å². The summed E-state index contributed by atoms with van der Waals surface area (Å²) in [6.07, 6.45) is 0. The molecule has 0 aliphatic heterocycles. The second-order valence-corrected chi connectivity index (χ2v) is 7.87. The van der Waals surface area contributed by atoms with E-state index in [1.807, 2.05) is 35.7 Å². The number of carboxylic acids is 1. The Morgan fingerprint density at radius 2 is 1.93 bits per heavy atom. The molecule has 0 atom stereocenters. The van der Waals surface area contributed by atoms with Gasteiger partial charge in [0.2, 0.25) is 5.76 Å². The predicted molar refractivity (Wildman–Crippen MR) is 116 cm³/mol. The Hall–Kier alpha value is -3.71. The van der Waals surface area contributed by atoms with Crippen LogP contribution in [0.2, 0.25) is 0 Å². The lowest BCUT2D eigenvalue weighted by atomic mass is 10.0. The van der Waals surface area contributed by atoms with E-state index in [0.29, 0.717) is 21.8 Å². The van der Waals surface area contributed by atoms with Gasteiger partial charge in [-0.1, -0.05) is 36.4 Å². The van der Waals surface area contributed by atoms with E-state index < -0.39 is 5.97 Å². The number of nitrogens with zero attached hydrogens (tertiary/aromatic N) is 2. The number of aryl methyl sites for hydroxylation is 1. The molecular weight excluding hydrogens is 400 g/mol. The van der Waals surface area contributed by atoms with Crippen molar-refractivity contribution in [2.45, 2.75) is 13.5 Å². The number of carboxylic acid groups (broad SMARTS) is 1. The molecule has 0 saturated heterocycles. The van der Waals surface area contributed by atoms with Crippen LogP contribution in [0.25, 0.3) is 32.1 Å². The van der Waals surface area contributed by atoms with Crippen LogP contribution in [0.3, 0.4) is 0 Å². The Morgan fingerprint density at radius 1 is 1.13 bits per heavy atom. The zero-order valence-corrected chi connectivity index (χ0v) is 16.8. The summed E-state index contributed by atoms with van der Waals surface area (Å²) in [6.45, 7) is 1.88. The summed E-state index contributed by atoms with van der Waals surface area (Å²) < 4.78 is 6.85. The number of furan rings is 1. The average Bonchev–Trinajstić information content (AvgIpc) is 3.38. The van der Waals surface area contributed by atoms with Crippen LogP contribution in [0.4, 0.5) is 0 Å². The standard InChI is InChI=1S/C23H16N2O4S/c1-13-24-21-20(22(26)25(13)11-17-8-9-19(29-17)23(27)28)18(12-30-21)16-7-6-14-4-2-3-5-15(14)10-16/h2-10,12H,11H2,1H3,(H,27,28). The Balaban J connectivity index is 1.65. The highest BCUT2D eigenvalue weighted by Gasteiger charge is 2.17. The minimum atomic E-state index is -1.14. The van der Waals surface area contributed by atoms with Gasteiger partial charge in [0.05, 0.1) is 11.9 Å². The number of rotatable bonds is 4. The molecule has 3 heterocycles. The van der Waals surface area contributed by atoms with Gasteiger partial charge >= 0.3 is 5.97 Å². The molecule has 3 aromatic heterocycles. The molecule has 30 heavy (non-hydrogen) atoms. The van der Waals surface area contributed by atoms with E-state index in [9.17, 15) is 9.59 Å². The van der Waals surface area contributed by atoms with Crippen molar-refractivity contribution in [1.82, 2.24) is 9.55 Å². The monoisotopic (exact) mass is 416 g/mol. The van der Waals surface area contributed by atoms with Crippen LogP contribution >= 0.6 is 11.3 Å². The summed E-state index contributed by atoms with van der Waals surface area (Å²) in [4.78, 5) is 29.7. The van der Waals surface area contributed by atoms with Gasteiger partial charge in [-0.05, 0) is 41.5 Å². The highest BCUT2D eigenvalue weighted by Crippen LogP contribution is 2.33. The minimum absolute atomic E-state index is 0.119. The number of hydrogen-bond donors (Lipinski definition) is 1. The van der Waals surface area contributed by atoms with Crippen LogP contribution in [-0.2, 0) is 6.54 Å². The maximum Gasteiger partial charge on any atom is 0.371 e. The molecular formula is C23H16N2O4S. The number of benzene rings is 2. The molecule has 0 spiro atoms. The molecule has 0 aliphatic rings. The molecule has 0 aliphatic carbocycles. The SMILES string of the molecule is Cc1nc2scc(-c3ccc4ccccc4c3)c2c(=O)n1Cc1ccc(C(=O)O)o1. The topological polar surface area (TPSA) is 85.3 Å². The Kier molecular flexibility index (Phi) is 4.25. The molecule has 0 amide bonds. The molecule has 5 aromatic rings. The van der Waals surface area contributed by atoms with Crippen molar-refractivity contribution < 1.29 is 14.3 Å². The van der Waals surface area contributed by atoms with E-state index >= 15 is 0 Å². The van der Waals surface area contributed by atoms with Gasteiger partial charge in [-0.15, -0.1) is 11.3 Å². The third-order valence-electron chi connectivity index (χ3n) is 5.13. The zero-order valence-electron chi connectivity index (χ0n) is 16.0. The van der Waals surface area contributed by atoms with E-state index in [0.717, 1.165) is 21.9 Å². The maximum atomic E-state index is 13.4. The van der Waals surface area contributed by atoms with Gasteiger partial charge in [0, 0.05) is 10.9 Å². The van der Waals surface area contributed by atoms with Crippen LogP contribution in [-0.4, -0.2) is 20.6 Å². The normalized spacial score (nSPS) is 11.4. The highest BCUT2D eigenvalue weighted by molar-refractivity contribution is 7.17. The molecule has 7 heteroatoms. The van der Waals surface area contributed by atoms with Gasteiger partial charge in [-0.2, -0.15) is 0 Å². The molecule has 5 rings (SSSR count). The first-order chi connectivity index (χ1) is 14.5. The largest absolute Gasteiger partial charge is 0.475 e. The fourth-order valence-electron chi connectivity index (χ4n) is 3.62. The van der Waals surface area contributed by atoms with Crippen LogP contribution in [0.1, 0.15) is 22.1 Å². The highest BCUT2D eigenvalue weighted by atomic mass is 32.1. The lowest BCUT2D eigenvalue weighted by Gasteiger charge is -2.09. The Labute approximate surface area is 174 Å². The van der Waals surface area contributed by atoms with Gasteiger partial charge in [0.1, 0.15) is 16.4 Å². The van der Waals surface area contributed by atoms with Crippen molar-refractivity contribution >= 4 is 38.3 Å². The predicted octanol–water partition coefficient (Wildman–Crippen LogP) is 4.93. The van der Waals surface area contributed by atoms with Gasteiger partial charge in [0.15, 0.2) is 0 Å². The first-order valence-electron chi connectivity index (χ1n) is 9.31. The summed E-state index contributed by atoms with van der Waals surface area (Å²) in [5, 5.41) is 13.8. The minimum Gasteiger partial charge on any atom is -0.475 e. The van der Waals surface area contributed by atoms with Crippen molar-refractivity contribution in [2.75, 3.05) is 0 Å². The molecule has 148 valence electrons. The summed E-state index contributed by atoms with van der Waals surface area (Å²) in [5.41, 5.74) is 1.63. The van der Waals surface area contributed by atoms with Crippen LogP contribution < -0.4 is 5.56 Å². The molecule has 0 bridgehead atoms. The van der Waals surface area contributed by atoms with E-state index in [1.165, 1.54) is 22.0 Å². The van der Waals surface area contributed by atoms with Gasteiger partial charge in [-0.25, -0.2) is 9.78 Å². The number of hydrogen-bond acceptors (Lipinski definition) is 5. The fourth-order valence-corrected chi connectivity index (χ4v) is 4.60. The van der Waals surface area contributed by atoms with Crippen molar-refractivity contribution in [3.8, 4) is 11.1 Å². The van der Waals surface area contributed by atoms with E-state index in [2.05, 4.69) is 17.1 Å². The van der Waals surface area contributed by atoms with Crippen LogP contribution in [0.5, 0.6) is 0 Å². The summed E-state index contributed by atoms with van der Waals surface area (Å²) in [5.74, 6) is -0.360. The zero-order chi connectivity index (χ0) is 20.8. The number of aromatic nitrogens is 2. The molecule has 0 saturated carbocycles. The second-order valence-electron chi connectivity index (χ2n) is 7.01. The van der Waals surface area contributed by atoms with Crippen molar-refractivity contribution in [1.29, 1.82) is 0 Å². The van der Waals surface area contributed by atoms with E-state index in [1.54, 1.807) is 13.0 Å². The van der Waals surface area contributed by atoms with E-state index in [4.69, 9.17) is 9.52 Å². The van der Waals surface area contributed by atoms with Gasteiger partial charge in [-0.3, -0.25) is 9.36 Å². The van der Waals surface area contributed by atoms with Crippen LogP contribution in [0.15, 0.2) is 69.2 Å². The molecule has 6 nitrogen and oxygen atoms in total. The first kappa shape index (κ1) is 18.3. The smallest absolute Gasteiger partial charge is 0.371 e. The lowest BCUT2D eigenvalue weighted by Crippen LogP contribution is -2.24. The molecule has 0 fully saturated rings. The maximum absolute atomic E-state index is 13.4. The molecule has 2 aromatic carbocycles. The third-order valence-corrected chi connectivity index (χ3v) is 6.00. The quantitative estimate of drug-likeness (QED) is 0.449. The molecule has 1 N–H and O–H groups in total. The first-order valence-corrected chi connectivity index (χ1v) is 10.2. The fraction of sp³-hybridized carbons (Fsp3) is 0.0870. The molecule has 0 radical (unpaired) electrons. The number of carbonyl (C=O) groups is 1. The summed E-state index contributed by atoms with van der Waals surface area (Å²) in [7, 11) is 0. The Bertz CT molecular complexity index is 1490. The second kappa shape index (κ2) is 6.96. The number of fused-ring (bicyclic) bond motifs is 2. The Morgan fingerprint density at radius 3 is 2.70 bits per heavy atom. The van der Waals surface area contributed by atoms with E-state index in [-0.39, 0.29) is 17.9 Å². The average molecular weight is 416 g/mol. The summed E-state index contributed by atoms with van der Waals surface area (Å²) in [6, 6.07) is 17.2.